The minimum Gasteiger partial charge on any atom is -0.512 e. The Bertz CT molecular complexity index is 1280. The molecule has 0 fully saturated rings. The Balaban J connectivity index is 0.000000476. The smallest absolute Gasteiger partial charge is 0.193 e. The SMILES string of the molecule is CC(=O)/C=C(/C)O.O=C(c1ccccc1)c1ccc(-c2ccc(-c3[c-]cc(F)cc3)nc2)cc1.[Pt]. The van der Waals surface area contributed by atoms with E-state index in [1.807, 2.05) is 66.7 Å². The van der Waals surface area contributed by atoms with Gasteiger partial charge in [-0.3, -0.25) is 14.0 Å². The van der Waals surface area contributed by atoms with Crippen molar-refractivity contribution in [2.45, 2.75) is 13.8 Å². The Kier molecular flexibility index (Phi) is 10.4. The third-order valence-electron chi connectivity index (χ3n) is 4.74. The number of rotatable bonds is 5. The summed E-state index contributed by atoms with van der Waals surface area (Å²) in [7, 11) is 0. The standard InChI is InChI=1S/C24H15FNO.C5H8O2.Pt/c25-22-13-10-18(11-14-22)23-15-12-21(16-26-23)17-6-8-20(9-7-17)24(27)19-4-2-1-3-5-19;1-4(6)3-5(2)7;/h1-10,12-16H;3,6H,1-2H3;/q-1;;/b;4-3-;. The van der Waals surface area contributed by atoms with Gasteiger partial charge in [0.2, 0.25) is 0 Å². The molecule has 1 aromatic heterocycles. The van der Waals surface area contributed by atoms with Crippen molar-refractivity contribution in [3.05, 3.63) is 126 Å². The largest absolute Gasteiger partial charge is 0.512 e. The summed E-state index contributed by atoms with van der Waals surface area (Å²) in [6.07, 6.45) is 2.93. The topological polar surface area (TPSA) is 67.3 Å². The fourth-order valence-corrected chi connectivity index (χ4v) is 3.15. The second-order valence-electron chi connectivity index (χ2n) is 7.52. The van der Waals surface area contributed by atoms with Gasteiger partial charge in [-0.25, -0.2) is 0 Å². The first-order chi connectivity index (χ1) is 16.3. The number of benzene rings is 3. The Hall–Kier alpha value is -3.69. The summed E-state index contributed by atoms with van der Waals surface area (Å²) in [5.41, 5.74) is 4.71. The third-order valence-corrected chi connectivity index (χ3v) is 4.74. The van der Waals surface area contributed by atoms with E-state index in [-0.39, 0.29) is 44.2 Å². The number of aromatic nitrogens is 1. The van der Waals surface area contributed by atoms with E-state index in [1.165, 1.54) is 32.1 Å². The molecule has 0 radical (unpaired) electrons. The van der Waals surface area contributed by atoms with Gasteiger partial charge in [-0.2, -0.15) is 0 Å². The molecule has 0 atom stereocenters. The van der Waals surface area contributed by atoms with Crippen molar-refractivity contribution in [3.63, 3.8) is 0 Å². The normalized spacial score (nSPS) is 10.4. The van der Waals surface area contributed by atoms with Crippen molar-refractivity contribution in [1.29, 1.82) is 0 Å². The summed E-state index contributed by atoms with van der Waals surface area (Å²) < 4.78 is 13.0. The van der Waals surface area contributed by atoms with Crippen molar-refractivity contribution in [2.75, 3.05) is 0 Å². The molecule has 0 aliphatic carbocycles. The number of ketones is 2. The minimum absolute atomic E-state index is 0. The quantitative estimate of drug-likeness (QED) is 0.115. The molecule has 3 aromatic carbocycles. The molecule has 6 heteroatoms. The van der Waals surface area contributed by atoms with Crippen LogP contribution in [0.3, 0.4) is 0 Å². The number of nitrogens with zero attached hydrogens (tertiary/aromatic N) is 1. The van der Waals surface area contributed by atoms with Crippen molar-refractivity contribution < 1.29 is 40.2 Å². The number of carbonyl (C=O) groups excluding carboxylic acids is 2. The van der Waals surface area contributed by atoms with Crippen LogP contribution in [-0.4, -0.2) is 21.7 Å². The fraction of sp³-hybridized carbons (Fsp3) is 0.0690. The van der Waals surface area contributed by atoms with Gasteiger partial charge in [0.15, 0.2) is 11.6 Å². The molecule has 0 amide bonds. The van der Waals surface area contributed by atoms with Crippen molar-refractivity contribution in [3.8, 4) is 22.4 Å². The number of carbonyl (C=O) groups is 2. The zero-order valence-corrected chi connectivity index (χ0v) is 21.4. The van der Waals surface area contributed by atoms with Gasteiger partial charge in [-0.15, -0.1) is 29.8 Å². The van der Waals surface area contributed by atoms with E-state index in [4.69, 9.17) is 5.11 Å². The summed E-state index contributed by atoms with van der Waals surface area (Å²) in [5, 5.41) is 8.36. The number of aliphatic hydroxyl groups excluding tert-OH is 1. The molecule has 0 bridgehead atoms. The molecular weight excluding hydrogens is 624 g/mol. The Morgan fingerprint density at radius 1 is 0.857 bits per heavy atom. The average Bonchev–Trinajstić information content (AvgIpc) is 2.84. The second kappa shape index (κ2) is 13.3. The van der Waals surface area contributed by atoms with E-state index < -0.39 is 0 Å². The van der Waals surface area contributed by atoms with E-state index in [2.05, 4.69) is 11.1 Å². The Labute approximate surface area is 218 Å². The van der Waals surface area contributed by atoms with E-state index in [0.717, 1.165) is 22.4 Å². The van der Waals surface area contributed by atoms with Crippen LogP contribution in [0.1, 0.15) is 29.8 Å². The van der Waals surface area contributed by atoms with Crippen LogP contribution in [0.4, 0.5) is 4.39 Å². The van der Waals surface area contributed by atoms with E-state index in [0.29, 0.717) is 11.1 Å². The van der Waals surface area contributed by atoms with Crippen LogP contribution in [0.25, 0.3) is 22.4 Å². The molecule has 0 saturated heterocycles. The molecule has 4 aromatic rings. The second-order valence-corrected chi connectivity index (χ2v) is 7.52. The molecule has 1 heterocycles. The molecule has 4 rings (SSSR count). The molecule has 35 heavy (non-hydrogen) atoms. The zero-order valence-electron chi connectivity index (χ0n) is 19.1. The van der Waals surface area contributed by atoms with Gasteiger partial charge >= 0.3 is 0 Å². The van der Waals surface area contributed by atoms with Gasteiger partial charge < -0.3 is 10.1 Å². The van der Waals surface area contributed by atoms with Gasteiger partial charge in [0.05, 0.1) is 5.76 Å². The molecule has 0 aliphatic heterocycles. The van der Waals surface area contributed by atoms with Crippen molar-refractivity contribution >= 4 is 11.6 Å². The van der Waals surface area contributed by atoms with Crippen LogP contribution in [-0.2, 0) is 25.9 Å². The van der Waals surface area contributed by atoms with Crippen LogP contribution < -0.4 is 0 Å². The molecule has 0 unspecified atom stereocenters. The maximum Gasteiger partial charge on any atom is 0.193 e. The fourth-order valence-electron chi connectivity index (χ4n) is 3.15. The number of pyridine rings is 1. The summed E-state index contributed by atoms with van der Waals surface area (Å²) in [6, 6.07) is 27.7. The molecule has 4 nitrogen and oxygen atoms in total. The number of aliphatic hydroxyl groups is 1. The van der Waals surface area contributed by atoms with Crippen LogP contribution in [0.15, 0.2) is 103 Å². The monoisotopic (exact) mass is 647 g/mol. The van der Waals surface area contributed by atoms with Gasteiger partial charge in [0, 0.05) is 50.3 Å². The van der Waals surface area contributed by atoms with Crippen molar-refractivity contribution in [2.24, 2.45) is 0 Å². The summed E-state index contributed by atoms with van der Waals surface area (Å²) in [6.45, 7) is 2.85. The summed E-state index contributed by atoms with van der Waals surface area (Å²) in [4.78, 5) is 26.9. The third kappa shape index (κ3) is 8.23. The van der Waals surface area contributed by atoms with Gasteiger partial charge in [-0.05, 0) is 30.7 Å². The van der Waals surface area contributed by atoms with Crippen LogP contribution in [0.2, 0.25) is 0 Å². The number of hydrogen-bond acceptors (Lipinski definition) is 4. The maximum atomic E-state index is 13.0. The van der Waals surface area contributed by atoms with E-state index in [1.54, 1.807) is 12.3 Å². The van der Waals surface area contributed by atoms with Gasteiger partial charge in [0.1, 0.15) is 0 Å². The number of allylic oxidation sites excluding steroid dienone is 2. The molecular formula is C29H23FNO3Pt-. The van der Waals surface area contributed by atoms with Crippen LogP contribution in [0.5, 0.6) is 0 Å². The first-order valence-electron chi connectivity index (χ1n) is 10.5. The predicted octanol–water partition coefficient (Wildman–Crippen LogP) is 6.62. The Morgan fingerprint density at radius 3 is 1.97 bits per heavy atom. The number of halogens is 1. The minimum atomic E-state index is -0.319. The molecule has 180 valence electrons. The predicted molar refractivity (Wildman–Crippen MR) is 131 cm³/mol. The molecule has 0 saturated carbocycles. The molecule has 0 spiro atoms. The van der Waals surface area contributed by atoms with E-state index in [9.17, 15) is 14.0 Å². The van der Waals surface area contributed by atoms with Crippen molar-refractivity contribution in [1.82, 2.24) is 4.98 Å². The maximum absolute atomic E-state index is 13.0. The van der Waals surface area contributed by atoms with Gasteiger partial charge in [-0.1, -0.05) is 66.7 Å². The van der Waals surface area contributed by atoms with Gasteiger partial charge in [0.25, 0.3) is 0 Å². The first kappa shape index (κ1) is 27.6. The number of hydrogen-bond donors (Lipinski definition) is 1. The molecule has 1 N–H and O–H groups in total. The summed E-state index contributed by atoms with van der Waals surface area (Å²) in [5.74, 6) is -0.379. The van der Waals surface area contributed by atoms with Crippen LogP contribution in [0, 0.1) is 11.9 Å². The average molecular weight is 648 g/mol. The molecule has 0 aliphatic rings. The van der Waals surface area contributed by atoms with Crippen LogP contribution >= 0.6 is 0 Å². The first-order valence-corrected chi connectivity index (χ1v) is 10.5. The zero-order chi connectivity index (χ0) is 24.5. The summed E-state index contributed by atoms with van der Waals surface area (Å²) >= 11 is 0. The van der Waals surface area contributed by atoms with E-state index >= 15 is 0 Å². The Morgan fingerprint density at radius 2 is 1.49 bits per heavy atom.